The predicted molar refractivity (Wildman–Crippen MR) is 94.4 cm³/mol. The van der Waals surface area contributed by atoms with Crippen LogP contribution in [0.15, 0.2) is 24.3 Å². The van der Waals surface area contributed by atoms with Crippen molar-refractivity contribution in [3.8, 4) is 5.75 Å². The van der Waals surface area contributed by atoms with E-state index in [4.69, 9.17) is 4.74 Å². The van der Waals surface area contributed by atoms with Crippen LogP contribution in [0.1, 0.15) is 62.2 Å². The van der Waals surface area contributed by atoms with Crippen LogP contribution in [0.3, 0.4) is 0 Å². The summed E-state index contributed by atoms with van der Waals surface area (Å²) in [5.74, 6) is 0.704. The third-order valence-electron chi connectivity index (χ3n) is 5.77. The molecule has 1 aromatic carbocycles. The van der Waals surface area contributed by atoms with Gasteiger partial charge in [0.15, 0.2) is 0 Å². The van der Waals surface area contributed by atoms with Gasteiger partial charge in [-0.1, -0.05) is 18.6 Å². The number of para-hydroxylation sites is 1. The number of hydrogen-bond donors (Lipinski definition) is 1. The third kappa shape index (κ3) is 3.16. The van der Waals surface area contributed by atoms with Crippen molar-refractivity contribution in [3.63, 3.8) is 0 Å². The van der Waals surface area contributed by atoms with Crippen LogP contribution in [-0.2, 0) is 0 Å². The molecular weight excluding hydrogens is 300 g/mol. The number of benzene rings is 1. The summed E-state index contributed by atoms with van der Waals surface area (Å²) in [5, 5.41) is 3.30. The number of piperidine rings is 2. The summed E-state index contributed by atoms with van der Waals surface area (Å²) in [5.41, 5.74) is 0.661. The maximum Gasteiger partial charge on any atom is 0.255 e. The third-order valence-corrected chi connectivity index (χ3v) is 5.77. The molecule has 4 nitrogen and oxygen atoms in total. The molecule has 1 saturated carbocycles. The summed E-state index contributed by atoms with van der Waals surface area (Å²) in [7, 11) is 0. The highest BCUT2D eigenvalue weighted by Crippen LogP contribution is 2.42. The number of rotatable bonds is 5. The van der Waals surface area contributed by atoms with Gasteiger partial charge in [0.2, 0.25) is 0 Å². The minimum Gasteiger partial charge on any atom is -0.493 e. The molecule has 0 radical (unpaired) electrons. The maximum atomic E-state index is 12.8. The first-order valence-electron chi connectivity index (χ1n) is 9.56. The van der Waals surface area contributed by atoms with Gasteiger partial charge in [0, 0.05) is 24.2 Å². The minimum absolute atomic E-state index is 0.0157. The van der Waals surface area contributed by atoms with Crippen molar-refractivity contribution in [2.45, 2.75) is 76.0 Å². The number of hydrogen-bond acceptors (Lipinski definition) is 3. The number of ether oxygens (including phenoxy) is 1. The van der Waals surface area contributed by atoms with E-state index in [9.17, 15) is 4.79 Å². The monoisotopic (exact) mass is 328 g/mol. The molecule has 130 valence electrons. The Morgan fingerprint density at radius 3 is 2.50 bits per heavy atom. The van der Waals surface area contributed by atoms with E-state index in [1.54, 1.807) is 0 Å². The molecule has 3 atom stereocenters. The fraction of sp³-hybridized carbons (Fsp3) is 0.650. The van der Waals surface area contributed by atoms with Crippen LogP contribution < -0.4 is 10.1 Å². The molecule has 1 aromatic rings. The second-order valence-corrected chi connectivity index (χ2v) is 7.49. The normalized spacial score (nSPS) is 30.0. The van der Waals surface area contributed by atoms with E-state index in [-0.39, 0.29) is 5.91 Å². The summed E-state index contributed by atoms with van der Waals surface area (Å²) in [6.07, 6.45) is 8.93. The van der Waals surface area contributed by atoms with Gasteiger partial charge in [-0.3, -0.25) is 9.69 Å². The first kappa shape index (κ1) is 15.9. The molecule has 3 aliphatic rings. The van der Waals surface area contributed by atoms with Crippen LogP contribution in [0.5, 0.6) is 5.75 Å². The second-order valence-electron chi connectivity index (χ2n) is 7.49. The number of carbonyl (C=O) groups is 1. The molecular formula is C20H28N2O2. The van der Waals surface area contributed by atoms with E-state index >= 15 is 0 Å². The zero-order chi connectivity index (χ0) is 16.5. The predicted octanol–water partition coefficient (Wildman–Crippen LogP) is 3.36. The quantitative estimate of drug-likeness (QED) is 0.901. The fourth-order valence-corrected chi connectivity index (χ4v) is 4.70. The Morgan fingerprint density at radius 1 is 1.12 bits per heavy atom. The Morgan fingerprint density at radius 2 is 1.83 bits per heavy atom. The molecule has 2 bridgehead atoms. The summed E-state index contributed by atoms with van der Waals surface area (Å²) in [4.78, 5) is 15.5. The second kappa shape index (κ2) is 6.75. The summed E-state index contributed by atoms with van der Waals surface area (Å²) in [6, 6.07) is 10.1. The Bertz CT molecular complexity index is 585. The molecule has 1 N–H and O–H groups in total. The average Bonchev–Trinajstić information content (AvgIpc) is 3.39. The van der Waals surface area contributed by atoms with E-state index < -0.39 is 0 Å². The van der Waals surface area contributed by atoms with Gasteiger partial charge in [-0.25, -0.2) is 0 Å². The van der Waals surface area contributed by atoms with E-state index in [1.165, 1.54) is 32.1 Å². The average molecular weight is 328 g/mol. The van der Waals surface area contributed by atoms with Crippen molar-refractivity contribution < 1.29 is 9.53 Å². The topological polar surface area (TPSA) is 41.6 Å². The molecule has 2 aliphatic heterocycles. The Kier molecular flexibility index (Phi) is 4.49. The van der Waals surface area contributed by atoms with Gasteiger partial charge in [0.25, 0.3) is 5.91 Å². The van der Waals surface area contributed by atoms with E-state index in [1.807, 2.05) is 31.2 Å². The minimum atomic E-state index is 0.0157. The van der Waals surface area contributed by atoms with Gasteiger partial charge in [-0.2, -0.15) is 0 Å². The number of fused-ring (bicyclic) bond motifs is 2. The van der Waals surface area contributed by atoms with Crippen molar-refractivity contribution in [1.29, 1.82) is 0 Å². The van der Waals surface area contributed by atoms with E-state index in [0.717, 1.165) is 18.9 Å². The zero-order valence-corrected chi connectivity index (χ0v) is 14.5. The largest absolute Gasteiger partial charge is 0.493 e. The lowest BCUT2D eigenvalue weighted by Gasteiger charge is -2.49. The molecule has 2 heterocycles. The first-order valence-corrected chi connectivity index (χ1v) is 9.56. The Balaban J connectivity index is 1.43. The number of amides is 1. The summed E-state index contributed by atoms with van der Waals surface area (Å²) >= 11 is 0. The Hall–Kier alpha value is -1.55. The lowest BCUT2D eigenvalue weighted by molar-refractivity contribution is 0.0175. The molecule has 2 saturated heterocycles. The highest BCUT2D eigenvalue weighted by Gasteiger charge is 2.45. The van der Waals surface area contributed by atoms with Crippen molar-refractivity contribution in [2.24, 2.45) is 0 Å². The van der Waals surface area contributed by atoms with Crippen LogP contribution in [-0.4, -0.2) is 41.6 Å². The van der Waals surface area contributed by atoms with Crippen molar-refractivity contribution in [1.82, 2.24) is 10.2 Å². The molecule has 4 rings (SSSR count). The number of nitrogens with one attached hydrogen (secondary N) is 1. The molecule has 1 amide bonds. The molecule has 0 aromatic heterocycles. The highest BCUT2D eigenvalue weighted by molar-refractivity contribution is 5.97. The summed E-state index contributed by atoms with van der Waals surface area (Å²) in [6.45, 7) is 2.53. The van der Waals surface area contributed by atoms with Crippen LogP contribution in [0, 0.1) is 0 Å². The number of nitrogens with zero attached hydrogens (tertiary/aromatic N) is 1. The molecule has 3 fully saturated rings. The SMILES string of the molecule is CCOc1ccccc1C(=O)NC1C[C@H]2CCC[C@@H](C1)N2C1CC1. The van der Waals surface area contributed by atoms with Gasteiger partial charge in [-0.05, 0) is 57.6 Å². The van der Waals surface area contributed by atoms with Gasteiger partial charge in [0.1, 0.15) is 5.75 Å². The van der Waals surface area contributed by atoms with Gasteiger partial charge < -0.3 is 10.1 Å². The fourth-order valence-electron chi connectivity index (χ4n) is 4.70. The van der Waals surface area contributed by atoms with Gasteiger partial charge >= 0.3 is 0 Å². The lowest BCUT2D eigenvalue weighted by Crippen LogP contribution is -2.57. The van der Waals surface area contributed by atoms with Gasteiger partial charge in [-0.15, -0.1) is 0 Å². The molecule has 1 aliphatic carbocycles. The standard InChI is InChI=1S/C20H28N2O2/c1-2-24-19-9-4-3-8-18(19)20(23)21-14-12-16-6-5-7-17(13-14)22(16)15-10-11-15/h3-4,8-9,14-17H,2,5-7,10-13H2,1H3,(H,21,23)/t14?,16-,17+. The lowest BCUT2D eigenvalue weighted by atomic mass is 9.81. The molecule has 1 unspecified atom stereocenters. The van der Waals surface area contributed by atoms with Crippen LogP contribution in [0.2, 0.25) is 0 Å². The van der Waals surface area contributed by atoms with Crippen LogP contribution >= 0.6 is 0 Å². The zero-order valence-electron chi connectivity index (χ0n) is 14.5. The number of carbonyl (C=O) groups excluding carboxylic acids is 1. The van der Waals surface area contributed by atoms with E-state index in [2.05, 4.69) is 10.2 Å². The van der Waals surface area contributed by atoms with Crippen molar-refractivity contribution in [3.05, 3.63) is 29.8 Å². The molecule has 0 spiro atoms. The maximum absolute atomic E-state index is 12.8. The van der Waals surface area contributed by atoms with Gasteiger partial charge in [0.05, 0.1) is 12.2 Å². The van der Waals surface area contributed by atoms with Crippen LogP contribution in [0.4, 0.5) is 0 Å². The smallest absolute Gasteiger partial charge is 0.255 e. The highest BCUT2D eigenvalue weighted by atomic mass is 16.5. The van der Waals surface area contributed by atoms with Crippen molar-refractivity contribution in [2.75, 3.05) is 6.61 Å². The molecule has 24 heavy (non-hydrogen) atoms. The summed E-state index contributed by atoms with van der Waals surface area (Å²) < 4.78 is 5.61. The first-order chi connectivity index (χ1) is 11.8. The van der Waals surface area contributed by atoms with E-state index in [0.29, 0.717) is 36.0 Å². The van der Waals surface area contributed by atoms with Crippen LogP contribution in [0.25, 0.3) is 0 Å². The molecule has 4 heteroatoms. The van der Waals surface area contributed by atoms with Crippen molar-refractivity contribution >= 4 is 5.91 Å². The Labute approximate surface area is 144 Å².